The topological polar surface area (TPSA) is 43.1 Å². The summed E-state index contributed by atoms with van der Waals surface area (Å²) in [5.74, 6) is 0. The predicted molar refractivity (Wildman–Crippen MR) is 44.2 cm³/mol. The van der Waals surface area contributed by atoms with E-state index < -0.39 is 9.08 Å². The molecule has 0 spiro atoms. The molecule has 0 amide bonds. The summed E-state index contributed by atoms with van der Waals surface area (Å²) < 4.78 is -0.814. The van der Waals surface area contributed by atoms with E-state index in [0.29, 0.717) is 0 Å². The molecule has 2 rings (SSSR count). The van der Waals surface area contributed by atoms with E-state index in [1.54, 1.807) is 18.2 Å². The molecule has 2 unspecified atom stereocenters. The van der Waals surface area contributed by atoms with Crippen LogP contribution in [0.15, 0.2) is 24.3 Å². The molecule has 11 heavy (non-hydrogen) atoms. The Bertz CT molecular complexity index is 290. The number of hydrogen-bond donors (Lipinski definition) is 0. The SMILES string of the molecule is O=[N+]([O-])C12C=CC=CC1(Cl)S2. The summed E-state index contributed by atoms with van der Waals surface area (Å²) in [7, 11) is 0. The molecule has 1 aliphatic carbocycles. The largest absolute Gasteiger partial charge is 0.319 e. The van der Waals surface area contributed by atoms with Crippen LogP contribution in [0.4, 0.5) is 0 Å². The van der Waals surface area contributed by atoms with Gasteiger partial charge in [-0.05, 0) is 17.8 Å². The lowest BCUT2D eigenvalue weighted by molar-refractivity contribution is -0.513. The molecule has 0 aromatic rings. The van der Waals surface area contributed by atoms with Crippen LogP contribution in [-0.4, -0.2) is 14.0 Å². The highest BCUT2D eigenvalue weighted by atomic mass is 35.5. The van der Waals surface area contributed by atoms with Gasteiger partial charge in [-0.15, -0.1) is 0 Å². The van der Waals surface area contributed by atoms with Crippen LogP contribution in [0.3, 0.4) is 0 Å². The summed E-state index contributed by atoms with van der Waals surface area (Å²) in [6.45, 7) is 0. The zero-order valence-electron chi connectivity index (χ0n) is 5.36. The molecule has 1 saturated heterocycles. The van der Waals surface area contributed by atoms with Crippen LogP contribution in [0.25, 0.3) is 0 Å². The molecule has 0 N–H and O–H groups in total. The van der Waals surface area contributed by atoms with Gasteiger partial charge in [-0.25, -0.2) is 0 Å². The van der Waals surface area contributed by atoms with E-state index in [-0.39, 0.29) is 4.92 Å². The predicted octanol–water partition coefficient (Wildman–Crippen LogP) is 1.77. The smallest absolute Gasteiger partial charge is 0.263 e. The number of nitro groups is 1. The third kappa shape index (κ3) is 0.711. The summed E-state index contributed by atoms with van der Waals surface area (Å²) in [4.78, 5) is 9.12. The first-order chi connectivity index (χ1) is 5.11. The Morgan fingerprint density at radius 3 is 2.55 bits per heavy atom. The Balaban J connectivity index is 2.41. The van der Waals surface area contributed by atoms with Gasteiger partial charge in [0.1, 0.15) is 0 Å². The van der Waals surface area contributed by atoms with Gasteiger partial charge in [-0.2, -0.15) is 0 Å². The summed E-state index contributed by atoms with van der Waals surface area (Å²) in [6, 6.07) is 0. The number of halogens is 1. The standard InChI is InChI=1S/C6H4ClNO2S/c7-5-3-1-2-4-6(5,11-5)8(9)10/h1-4H. The van der Waals surface area contributed by atoms with Gasteiger partial charge in [0.05, 0.1) is 0 Å². The van der Waals surface area contributed by atoms with E-state index in [0.717, 1.165) is 11.8 Å². The lowest BCUT2D eigenvalue weighted by Crippen LogP contribution is -2.28. The summed E-state index contributed by atoms with van der Waals surface area (Å²) >= 11 is 7.03. The minimum Gasteiger partial charge on any atom is -0.263 e. The van der Waals surface area contributed by atoms with Gasteiger partial charge in [-0.1, -0.05) is 23.8 Å². The number of hydrogen-bond acceptors (Lipinski definition) is 3. The van der Waals surface area contributed by atoms with Crippen molar-refractivity contribution < 1.29 is 4.92 Å². The molecule has 5 heteroatoms. The number of thioether (sulfide) groups is 1. The van der Waals surface area contributed by atoms with E-state index in [1.807, 2.05) is 0 Å². The fourth-order valence-corrected chi connectivity index (χ4v) is 2.63. The van der Waals surface area contributed by atoms with Crippen LogP contribution >= 0.6 is 23.4 Å². The van der Waals surface area contributed by atoms with E-state index in [4.69, 9.17) is 11.6 Å². The molecular weight excluding hydrogens is 186 g/mol. The summed E-state index contributed by atoms with van der Waals surface area (Å²) in [6.07, 6.45) is 6.57. The second-order valence-electron chi connectivity index (χ2n) is 2.42. The molecule has 1 aliphatic heterocycles. The van der Waals surface area contributed by atoms with Gasteiger partial charge in [0.15, 0.2) is 4.21 Å². The Morgan fingerprint density at radius 1 is 1.45 bits per heavy atom. The second-order valence-corrected chi connectivity index (χ2v) is 4.71. The summed E-state index contributed by atoms with van der Waals surface area (Å²) in [5.41, 5.74) is 0. The van der Waals surface area contributed by atoms with Crippen LogP contribution < -0.4 is 0 Å². The van der Waals surface area contributed by atoms with Gasteiger partial charge in [-0.3, -0.25) is 10.1 Å². The Labute approximate surface area is 72.3 Å². The Morgan fingerprint density at radius 2 is 2.09 bits per heavy atom. The van der Waals surface area contributed by atoms with Crippen molar-refractivity contribution >= 4 is 23.4 Å². The molecule has 2 atom stereocenters. The van der Waals surface area contributed by atoms with Gasteiger partial charge in [0.2, 0.25) is 0 Å². The van der Waals surface area contributed by atoms with Crippen molar-refractivity contribution in [3.8, 4) is 0 Å². The number of rotatable bonds is 1. The van der Waals surface area contributed by atoms with Gasteiger partial charge in [0.25, 0.3) is 0 Å². The van der Waals surface area contributed by atoms with Crippen molar-refractivity contribution in [2.24, 2.45) is 0 Å². The zero-order chi connectivity index (χ0) is 8.11. The molecule has 58 valence electrons. The Hall–Kier alpha value is -0.480. The van der Waals surface area contributed by atoms with E-state index in [9.17, 15) is 10.1 Å². The quantitative estimate of drug-likeness (QED) is 0.273. The monoisotopic (exact) mass is 189 g/mol. The lowest BCUT2D eigenvalue weighted by Gasteiger charge is -2.05. The van der Waals surface area contributed by atoms with E-state index >= 15 is 0 Å². The third-order valence-electron chi connectivity index (χ3n) is 1.77. The molecule has 0 saturated carbocycles. The highest BCUT2D eigenvalue weighted by Crippen LogP contribution is 2.69. The highest BCUT2D eigenvalue weighted by molar-refractivity contribution is 8.11. The lowest BCUT2D eigenvalue weighted by atomic mass is 10.1. The Kier molecular flexibility index (Phi) is 1.18. The van der Waals surface area contributed by atoms with Crippen LogP contribution in [0.1, 0.15) is 0 Å². The molecular formula is C6H4ClNO2S. The molecule has 0 radical (unpaired) electrons. The molecule has 2 aliphatic rings. The fourth-order valence-electron chi connectivity index (χ4n) is 1.09. The van der Waals surface area contributed by atoms with Crippen molar-refractivity contribution in [1.82, 2.24) is 0 Å². The van der Waals surface area contributed by atoms with Crippen LogP contribution in [0, 0.1) is 10.1 Å². The molecule has 1 heterocycles. The zero-order valence-corrected chi connectivity index (χ0v) is 6.93. The molecule has 3 nitrogen and oxygen atoms in total. The molecule has 1 fully saturated rings. The third-order valence-corrected chi connectivity index (χ3v) is 3.98. The summed E-state index contributed by atoms with van der Waals surface area (Å²) in [5, 5.41) is 10.5. The molecule has 0 aromatic heterocycles. The minimum absolute atomic E-state index is 0.343. The van der Waals surface area contributed by atoms with Crippen molar-refractivity contribution in [3.63, 3.8) is 0 Å². The molecule has 0 aromatic carbocycles. The maximum Gasteiger partial charge on any atom is 0.319 e. The maximum atomic E-state index is 10.5. The van der Waals surface area contributed by atoms with Crippen LogP contribution in [-0.2, 0) is 0 Å². The van der Waals surface area contributed by atoms with Crippen molar-refractivity contribution in [2.75, 3.05) is 0 Å². The molecule has 0 bridgehead atoms. The average molecular weight is 190 g/mol. The van der Waals surface area contributed by atoms with Crippen molar-refractivity contribution in [1.29, 1.82) is 0 Å². The van der Waals surface area contributed by atoms with Crippen LogP contribution in [0.2, 0.25) is 0 Å². The maximum absolute atomic E-state index is 10.5. The van der Waals surface area contributed by atoms with Gasteiger partial charge < -0.3 is 0 Å². The van der Waals surface area contributed by atoms with Gasteiger partial charge in [0, 0.05) is 11.0 Å². The highest BCUT2D eigenvalue weighted by Gasteiger charge is 2.78. The second kappa shape index (κ2) is 1.81. The first kappa shape index (κ1) is 7.18. The fraction of sp³-hybridized carbons (Fsp3) is 0.333. The average Bonchev–Trinajstić information content (AvgIpc) is 2.56. The first-order valence-electron chi connectivity index (χ1n) is 3.01. The number of fused-ring (bicyclic) bond motifs is 1. The number of allylic oxidation sites excluding steroid dienone is 2. The van der Waals surface area contributed by atoms with E-state index in [2.05, 4.69) is 0 Å². The van der Waals surface area contributed by atoms with E-state index in [1.165, 1.54) is 6.08 Å². The minimum atomic E-state index is -1.08. The van der Waals surface area contributed by atoms with Crippen molar-refractivity contribution in [3.05, 3.63) is 34.4 Å². The van der Waals surface area contributed by atoms with Crippen LogP contribution in [0.5, 0.6) is 0 Å². The number of alkyl halides is 1. The normalized spacial score (nSPS) is 45.2. The van der Waals surface area contributed by atoms with Gasteiger partial charge >= 0.3 is 4.87 Å². The number of nitrogens with zero attached hydrogens (tertiary/aromatic N) is 1. The first-order valence-corrected chi connectivity index (χ1v) is 4.21. The van der Waals surface area contributed by atoms with Crippen molar-refractivity contribution in [2.45, 2.75) is 9.08 Å².